The smallest absolute Gasteiger partial charge is 0.330 e. The van der Waals surface area contributed by atoms with Gasteiger partial charge in [0.15, 0.2) is 0 Å². The van der Waals surface area contributed by atoms with Gasteiger partial charge in [0.1, 0.15) is 0 Å². The first-order valence-electron chi connectivity index (χ1n) is 5.15. The first-order valence-corrected chi connectivity index (χ1v) is 5.15. The Kier molecular flexibility index (Phi) is 4.99. The third-order valence-corrected chi connectivity index (χ3v) is 1.86. The minimum absolute atomic E-state index is 0.309. The van der Waals surface area contributed by atoms with Crippen LogP contribution in [-0.4, -0.2) is 17.6 Å². The van der Waals surface area contributed by atoms with Crippen molar-refractivity contribution in [2.45, 2.75) is 13.8 Å². The first kappa shape index (κ1) is 12.2. The first-order chi connectivity index (χ1) is 7.72. The highest BCUT2D eigenvalue weighted by molar-refractivity contribution is 5.83. The Morgan fingerprint density at radius 2 is 2.38 bits per heavy atom. The van der Waals surface area contributed by atoms with E-state index in [2.05, 4.69) is 4.98 Å². The lowest BCUT2D eigenvalue weighted by atomic mass is 10.2. The van der Waals surface area contributed by atoms with Crippen LogP contribution in [0.5, 0.6) is 0 Å². The van der Waals surface area contributed by atoms with Crippen LogP contribution in [0.4, 0.5) is 0 Å². The van der Waals surface area contributed by atoms with Crippen molar-refractivity contribution in [2.24, 2.45) is 0 Å². The van der Waals surface area contributed by atoms with E-state index in [4.69, 9.17) is 4.74 Å². The maximum atomic E-state index is 11.1. The average Bonchev–Trinajstić information content (AvgIpc) is 2.28. The van der Waals surface area contributed by atoms with Gasteiger partial charge in [-0.25, -0.2) is 4.79 Å². The highest BCUT2D eigenvalue weighted by Crippen LogP contribution is 2.03. The Morgan fingerprint density at radius 1 is 1.56 bits per heavy atom. The summed E-state index contributed by atoms with van der Waals surface area (Å²) in [6, 6.07) is 3.81. The van der Waals surface area contributed by atoms with Gasteiger partial charge in [-0.1, -0.05) is 18.2 Å². The molecule has 0 aliphatic carbocycles. The van der Waals surface area contributed by atoms with Gasteiger partial charge < -0.3 is 4.74 Å². The van der Waals surface area contributed by atoms with Crippen molar-refractivity contribution < 1.29 is 9.53 Å². The molecular formula is C13H15NO2. The van der Waals surface area contributed by atoms with Gasteiger partial charge in [0.2, 0.25) is 0 Å². The lowest BCUT2D eigenvalue weighted by Gasteiger charge is -1.96. The highest BCUT2D eigenvalue weighted by Gasteiger charge is 1.94. The fraction of sp³-hybridized carbons (Fsp3) is 0.231. The molecule has 0 unspecified atom stereocenters. The molecule has 0 fully saturated rings. The molecule has 0 saturated carbocycles. The number of hydrogen-bond acceptors (Lipinski definition) is 3. The Morgan fingerprint density at radius 3 is 3.00 bits per heavy atom. The van der Waals surface area contributed by atoms with Gasteiger partial charge >= 0.3 is 5.97 Å². The molecule has 0 atom stereocenters. The Hall–Kier alpha value is -1.90. The fourth-order valence-electron chi connectivity index (χ4n) is 1.12. The summed E-state index contributed by atoms with van der Waals surface area (Å²) >= 11 is 0. The number of nitrogens with zero attached hydrogens (tertiary/aromatic N) is 1. The molecule has 0 aromatic carbocycles. The van der Waals surface area contributed by atoms with Gasteiger partial charge in [-0.05, 0) is 31.1 Å². The molecule has 1 aromatic rings. The van der Waals surface area contributed by atoms with E-state index in [1.165, 1.54) is 6.08 Å². The van der Waals surface area contributed by atoms with Gasteiger partial charge in [-0.2, -0.15) is 0 Å². The number of carbonyl (C=O) groups is 1. The summed E-state index contributed by atoms with van der Waals surface area (Å²) in [5.74, 6) is -0.309. The topological polar surface area (TPSA) is 39.2 Å². The van der Waals surface area contributed by atoms with Crippen LogP contribution in [0.15, 0.2) is 42.3 Å². The van der Waals surface area contributed by atoms with Crippen LogP contribution >= 0.6 is 0 Å². The summed E-state index contributed by atoms with van der Waals surface area (Å²) in [6.45, 7) is 4.03. The van der Waals surface area contributed by atoms with Gasteiger partial charge in [-0.3, -0.25) is 4.98 Å². The second-order valence-electron chi connectivity index (χ2n) is 3.26. The van der Waals surface area contributed by atoms with Crippen LogP contribution < -0.4 is 0 Å². The van der Waals surface area contributed by atoms with E-state index in [0.29, 0.717) is 6.61 Å². The van der Waals surface area contributed by atoms with Gasteiger partial charge in [0, 0.05) is 18.5 Å². The molecule has 0 amide bonds. The Bertz CT molecular complexity index is 394. The summed E-state index contributed by atoms with van der Waals surface area (Å²) in [5.41, 5.74) is 1.85. The van der Waals surface area contributed by atoms with Crippen molar-refractivity contribution in [3.63, 3.8) is 0 Å². The zero-order valence-electron chi connectivity index (χ0n) is 9.51. The number of esters is 1. The van der Waals surface area contributed by atoms with E-state index in [1.54, 1.807) is 19.3 Å². The maximum absolute atomic E-state index is 11.1. The lowest BCUT2D eigenvalue weighted by Crippen LogP contribution is -1.99. The van der Waals surface area contributed by atoms with Gasteiger partial charge in [0.05, 0.1) is 6.61 Å². The predicted octanol–water partition coefficient (Wildman–Crippen LogP) is 2.60. The summed E-state index contributed by atoms with van der Waals surface area (Å²) in [4.78, 5) is 15.1. The SMILES string of the molecule is CCOC(=O)C=C(C)C=Cc1cccnc1. The van der Waals surface area contributed by atoms with Crippen molar-refractivity contribution in [1.29, 1.82) is 0 Å². The minimum atomic E-state index is -0.309. The quantitative estimate of drug-likeness (QED) is 0.442. The van der Waals surface area contributed by atoms with Crippen LogP contribution in [0, 0.1) is 0 Å². The molecule has 0 radical (unpaired) electrons. The number of allylic oxidation sites excluding steroid dienone is 2. The Labute approximate surface area is 95.5 Å². The van der Waals surface area contributed by atoms with E-state index in [-0.39, 0.29) is 5.97 Å². The van der Waals surface area contributed by atoms with Crippen molar-refractivity contribution in [1.82, 2.24) is 4.98 Å². The number of aromatic nitrogens is 1. The number of carbonyl (C=O) groups excluding carboxylic acids is 1. The van der Waals surface area contributed by atoms with Gasteiger partial charge in [0.25, 0.3) is 0 Å². The monoisotopic (exact) mass is 217 g/mol. The molecule has 0 bridgehead atoms. The summed E-state index contributed by atoms with van der Waals surface area (Å²) in [5, 5.41) is 0. The average molecular weight is 217 g/mol. The van der Waals surface area contributed by atoms with Crippen molar-refractivity contribution in [3.05, 3.63) is 47.8 Å². The molecule has 0 aliphatic heterocycles. The minimum Gasteiger partial charge on any atom is -0.463 e. The van der Waals surface area contributed by atoms with Crippen LogP contribution in [0.3, 0.4) is 0 Å². The number of rotatable bonds is 4. The molecule has 0 saturated heterocycles. The zero-order valence-corrected chi connectivity index (χ0v) is 9.51. The van der Waals surface area contributed by atoms with E-state index in [1.807, 2.05) is 31.2 Å². The number of pyridine rings is 1. The lowest BCUT2D eigenvalue weighted by molar-refractivity contribution is -0.137. The molecule has 0 spiro atoms. The molecule has 1 aromatic heterocycles. The third-order valence-electron chi connectivity index (χ3n) is 1.86. The highest BCUT2D eigenvalue weighted by atomic mass is 16.5. The molecule has 16 heavy (non-hydrogen) atoms. The molecule has 1 rings (SSSR count). The zero-order chi connectivity index (χ0) is 11.8. The molecule has 0 N–H and O–H groups in total. The van der Waals surface area contributed by atoms with Crippen LogP contribution in [-0.2, 0) is 9.53 Å². The van der Waals surface area contributed by atoms with Gasteiger partial charge in [-0.15, -0.1) is 0 Å². The van der Waals surface area contributed by atoms with Crippen LogP contribution in [0.25, 0.3) is 6.08 Å². The second kappa shape index (κ2) is 6.56. The molecule has 0 aliphatic rings. The maximum Gasteiger partial charge on any atom is 0.330 e. The number of hydrogen-bond donors (Lipinski definition) is 0. The second-order valence-corrected chi connectivity index (χ2v) is 3.26. The largest absolute Gasteiger partial charge is 0.463 e. The van der Waals surface area contributed by atoms with E-state index in [0.717, 1.165) is 11.1 Å². The van der Waals surface area contributed by atoms with Crippen LogP contribution in [0.1, 0.15) is 19.4 Å². The molecule has 3 nitrogen and oxygen atoms in total. The molecular weight excluding hydrogens is 202 g/mol. The van der Waals surface area contributed by atoms with Crippen molar-refractivity contribution in [2.75, 3.05) is 6.61 Å². The van der Waals surface area contributed by atoms with Crippen molar-refractivity contribution >= 4 is 12.0 Å². The molecule has 84 valence electrons. The third kappa shape index (κ3) is 4.55. The molecule has 1 heterocycles. The standard InChI is InChI=1S/C13H15NO2/c1-3-16-13(15)9-11(2)6-7-12-5-4-8-14-10-12/h4-10H,3H2,1-2H3. The van der Waals surface area contributed by atoms with Crippen molar-refractivity contribution in [3.8, 4) is 0 Å². The van der Waals surface area contributed by atoms with E-state index < -0.39 is 0 Å². The van der Waals surface area contributed by atoms with Crippen LogP contribution in [0.2, 0.25) is 0 Å². The van der Waals surface area contributed by atoms with E-state index >= 15 is 0 Å². The summed E-state index contributed by atoms with van der Waals surface area (Å²) < 4.78 is 4.80. The molecule has 3 heteroatoms. The van der Waals surface area contributed by atoms with E-state index in [9.17, 15) is 4.79 Å². The Balaban J connectivity index is 2.60. The predicted molar refractivity (Wildman–Crippen MR) is 63.7 cm³/mol. The number of ether oxygens (including phenoxy) is 1. The fourth-order valence-corrected chi connectivity index (χ4v) is 1.12. The summed E-state index contributed by atoms with van der Waals surface area (Å²) in [6.07, 6.45) is 8.70. The normalized spacial score (nSPS) is 11.8. The summed E-state index contributed by atoms with van der Waals surface area (Å²) in [7, 11) is 0.